The average molecular weight is 391 g/mol. The van der Waals surface area contributed by atoms with Gasteiger partial charge in [0.25, 0.3) is 5.56 Å². The second kappa shape index (κ2) is 7.48. The Kier molecular flexibility index (Phi) is 4.67. The molecule has 29 heavy (non-hydrogen) atoms. The highest BCUT2D eigenvalue weighted by atomic mass is 16.5. The molecule has 5 rings (SSSR count). The fourth-order valence-corrected chi connectivity index (χ4v) is 3.73. The van der Waals surface area contributed by atoms with Gasteiger partial charge in [0, 0.05) is 37.9 Å². The summed E-state index contributed by atoms with van der Waals surface area (Å²) in [5.74, 6) is 1.32. The van der Waals surface area contributed by atoms with Crippen molar-refractivity contribution in [1.29, 1.82) is 0 Å². The first kappa shape index (κ1) is 18.1. The third kappa shape index (κ3) is 3.70. The summed E-state index contributed by atoms with van der Waals surface area (Å²) in [5.41, 5.74) is 3.63. The Labute approximate surface area is 169 Å². The summed E-state index contributed by atoms with van der Waals surface area (Å²) in [6, 6.07) is 10.3. The van der Waals surface area contributed by atoms with Crippen LogP contribution in [0.25, 0.3) is 22.2 Å². The van der Waals surface area contributed by atoms with E-state index < -0.39 is 0 Å². The number of hydrogen-bond donors (Lipinski definition) is 1. The Morgan fingerprint density at radius 2 is 1.93 bits per heavy atom. The summed E-state index contributed by atoms with van der Waals surface area (Å²) in [6.45, 7) is 4.21. The Bertz CT molecular complexity index is 1080. The number of rotatable bonds is 5. The number of aryl methyl sites for hydroxylation is 1. The van der Waals surface area contributed by atoms with E-state index in [1.165, 1.54) is 23.1 Å². The maximum absolute atomic E-state index is 12.7. The first-order valence-electron chi connectivity index (χ1n) is 10.2. The van der Waals surface area contributed by atoms with Crippen LogP contribution in [0.5, 0.6) is 0 Å². The van der Waals surface area contributed by atoms with Crippen LogP contribution < -0.4 is 15.8 Å². The van der Waals surface area contributed by atoms with Gasteiger partial charge in [-0.25, -0.2) is 9.97 Å². The summed E-state index contributed by atoms with van der Waals surface area (Å²) < 4.78 is 6.94. The molecule has 0 bridgehead atoms. The van der Waals surface area contributed by atoms with Crippen molar-refractivity contribution < 1.29 is 4.74 Å². The number of fused-ring (bicyclic) bond motifs is 1. The lowest BCUT2D eigenvalue weighted by molar-refractivity contribution is 0.122. The van der Waals surface area contributed by atoms with E-state index >= 15 is 0 Å². The molecule has 0 radical (unpaired) electrons. The van der Waals surface area contributed by atoms with Crippen molar-refractivity contribution in [2.75, 3.05) is 43.1 Å². The van der Waals surface area contributed by atoms with Gasteiger partial charge in [0.05, 0.1) is 30.8 Å². The molecular formula is C22H25N5O2. The predicted molar refractivity (Wildman–Crippen MR) is 114 cm³/mol. The zero-order valence-corrected chi connectivity index (χ0v) is 16.6. The lowest BCUT2D eigenvalue weighted by Crippen LogP contribution is -2.36. The van der Waals surface area contributed by atoms with Crippen LogP contribution in [0.1, 0.15) is 12.8 Å². The Morgan fingerprint density at radius 3 is 2.66 bits per heavy atom. The summed E-state index contributed by atoms with van der Waals surface area (Å²) in [7, 11) is 1.72. The molecule has 1 N–H and O–H groups in total. The molecule has 7 heteroatoms. The number of ether oxygens (including phenoxy) is 1. The molecule has 1 aliphatic carbocycles. The molecule has 0 spiro atoms. The van der Waals surface area contributed by atoms with E-state index in [0.717, 1.165) is 44.1 Å². The number of hydrogen-bond acceptors (Lipinski definition) is 6. The lowest BCUT2D eigenvalue weighted by Gasteiger charge is -2.28. The van der Waals surface area contributed by atoms with Gasteiger partial charge in [-0.1, -0.05) is 12.1 Å². The summed E-state index contributed by atoms with van der Waals surface area (Å²) in [4.78, 5) is 24.3. The van der Waals surface area contributed by atoms with Crippen LogP contribution >= 0.6 is 0 Å². The van der Waals surface area contributed by atoms with E-state index in [4.69, 9.17) is 9.72 Å². The zero-order valence-electron chi connectivity index (χ0n) is 16.6. The molecule has 3 aromatic rings. The van der Waals surface area contributed by atoms with Crippen LogP contribution in [0.15, 0.2) is 41.5 Å². The molecule has 7 nitrogen and oxygen atoms in total. The van der Waals surface area contributed by atoms with Crippen molar-refractivity contribution in [1.82, 2.24) is 14.5 Å². The number of pyridine rings is 1. The van der Waals surface area contributed by atoms with Gasteiger partial charge < -0.3 is 19.5 Å². The molecule has 0 atom stereocenters. The highest BCUT2D eigenvalue weighted by molar-refractivity contribution is 5.91. The van der Waals surface area contributed by atoms with E-state index in [-0.39, 0.29) is 5.56 Å². The van der Waals surface area contributed by atoms with Gasteiger partial charge >= 0.3 is 0 Å². The summed E-state index contributed by atoms with van der Waals surface area (Å²) in [6.07, 6.45) is 4.05. The van der Waals surface area contributed by atoms with Gasteiger partial charge in [0.1, 0.15) is 11.2 Å². The fourth-order valence-electron chi connectivity index (χ4n) is 3.73. The normalized spacial score (nSPS) is 16.9. The standard InChI is InChI=1S/C22H25N5O2/c1-26-14-24-19-12-18(25-21(20(19)22(26)28)23-13-15-2-3-15)16-4-6-17(7-5-16)27-8-10-29-11-9-27/h4-7,12,14-15H,2-3,8-11,13H2,1H3,(H,23,25). The minimum absolute atomic E-state index is 0.0741. The molecule has 1 aliphatic heterocycles. The Morgan fingerprint density at radius 1 is 1.17 bits per heavy atom. The van der Waals surface area contributed by atoms with Crippen LogP contribution in [-0.4, -0.2) is 47.4 Å². The van der Waals surface area contributed by atoms with Gasteiger partial charge in [-0.3, -0.25) is 4.79 Å². The highest BCUT2D eigenvalue weighted by Gasteiger charge is 2.22. The van der Waals surface area contributed by atoms with E-state index in [2.05, 4.69) is 39.5 Å². The third-order valence-electron chi connectivity index (χ3n) is 5.70. The van der Waals surface area contributed by atoms with Gasteiger partial charge in [-0.05, 0) is 37.0 Å². The second-order valence-electron chi connectivity index (χ2n) is 7.88. The van der Waals surface area contributed by atoms with Gasteiger partial charge in [0.2, 0.25) is 0 Å². The molecule has 1 saturated carbocycles. The topological polar surface area (TPSA) is 72.3 Å². The number of anilines is 2. The molecule has 150 valence electrons. The highest BCUT2D eigenvalue weighted by Crippen LogP contribution is 2.31. The lowest BCUT2D eigenvalue weighted by atomic mass is 10.1. The largest absolute Gasteiger partial charge is 0.378 e. The summed E-state index contributed by atoms with van der Waals surface area (Å²) in [5, 5.41) is 3.96. The third-order valence-corrected chi connectivity index (χ3v) is 5.70. The quantitative estimate of drug-likeness (QED) is 0.721. The Balaban J connectivity index is 1.52. The van der Waals surface area contributed by atoms with Gasteiger partial charge in [-0.2, -0.15) is 0 Å². The minimum atomic E-state index is -0.0741. The van der Waals surface area contributed by atoms with E-state index in [1.54, 1.807) is 13.4 Å². The number of nitrogens with zero attached hydrogens (tertiary/aromatic N) is 4. The SMILES string of the molecule is Cn1cnc2cc(-c3ccc(N4CCOCC4)cc3)nc(NCC3CC3)c2c1=O. The van der Waals surface area contributed by atoms with Crippen LogP contribution in [-0.2, 0) is 11.8 Å². The van der Waals surface area contributed by atoms with Crippen LogP contribution in [0.4, 0.5) is 11.5 Å². The van der Waals surface area contributed by atoms with Gasteiger partial charge in [0.15, 0.2) is 0 Å². The molecule has 0 unspecified atom stereocenters. The number of morpholine rings is 1. The van der Waals surface area contributed by atoms with Crippen LogP contribution in [0, 0.1) is 5.92 Å². The van der Waals surface area contributed by atoms with Gasteiger partial charge in [-0.15, -0.1) is 0 Å². The van der Waals surface area contributed by atoms with Crippen molar-refractivity contribution in [3.05, 3.63) is 47.0 Å². The average Bonchev–Trinajstić information content (AvgIpc) is 3.60. The molecule has 2 fully saturated rings. The minimum Gasteiger partial charge on any atom is -0.378 e. The number of benzene rings is 1. The second-order valence-corrected chi connectivity index (χ2v) is 7.88. The molecule has 2 aliphatic rings. The Hall–Kier alpha value is -2.93. The fraction of sp³-hybridized carbons (Fsp3) is 0.409. The molecule has 1 aromatic carbocycles. The molecule has 2 aromatic heterocycles. The van der Waals surface area contributed by atoms with E-state index in [1.807, 2.05) is 6.07 Å². The van der Waals surface area contributed by atoms with Crippen molar-refractivity contribution in [2.45, 2.75) is 12.8 Å². The first-order valence-corrected chi connectivity index (χ1v) is 10.2. The number of nitrogens with one attached hydrogen (secondary N) is 1. The maximum Gasteiger partial charge on any atom is 0.264 e. The van der Waals surface area contributed by atoms with Crippen molar-refractivity contribution in [3.8, 4) is 11.3 Å². The molecule has 0 amide bonds. The van der Waals surface area contributed by atoms with Crippen molar-refractivity contribution in [2.24, 2.45) is 13.0 Å². The maximum atomic E-state index is 12.7. The molecule has 3 heterocycles. The predicted octanol–water partition coefficient (Wildman–Crippen LogP) is 2.65. The first-order chi connectivity index (χ1) is 14.2. The summed E-state index contributed by atoms with van der Waals surface area (Å²) >= 11 is 0. The smallest absolute Gasteiger partial charge is 0.264 e. The van der Waals surface area contributed by atoms with Crippen molar-refractivity contribution >= 4 is 22.4 Å². The number of aromatic nitrogens is 3. The molecular weight excluding hydrogens is 366 g/mol. The van der Waals surface area contributed by atoms with Crippen LogP contribution in [0.3, 0.4) is 0 Å². The monoisotopic (exact) mass is 391 g/mol. The van der Waals surface area contributed by atoms with E-state index in [0.29, 0.717) is 22.6 Å². The van der Waals surface area contributed by atoms with Crippen molar-refractivity contribution in [3.63, 3.8) is 0 Å². The molecule has 1 saturated heterocycles. The van der Waals surface area contributed by atoms with Crippen LogP contribution in [0.2, 0.25) is 0 Å². The zero-order chi connectivity index (χ0) is 19.8. The van der Waals surface area contributed by atoms with E-state index in [9.17, 15) is 4.79 Å².